The molecule has 0 aromatic heterocycles. The second kappa shape index (κ2) is 4.51. The van der Waals surface area contributed by atoms with Crippen LogP contribution in [0.5, 0.6) is 0 Å². The zero-order valence-electron chi connectivity index (χ0n) is 10.8. The predicted molar refractivity (Wildman–Crippen MR) is 88.7 cm³/mol. The molecular weight excluding hydrogens is 308 g/mol. The molecule has 0 fully saturated rings. The second-order valence-corrected chi connectivity index (χ2v) is 5.82. The van der Waals surface area contributed by atoms with Crippen molar-refractivity contribution >= 4 is 43.6 Å². The van der Waals surface area contributed by atoms with Crippen LogP contribution in [0.4, 0.5) is 0 Å². The van der Waals surface area contributed by atoms with Gasteiger partial charge in [0.2, 0.25) is 0 Å². The van der Waals surface area contributed by atoms with Gasteiger partial charge in [-0.25, -0.2) is 0 Å². The van der Waals surface area contributed by atoms with Crippen LogP contribution in [0, 0.1) is 12.1 Å². The zero-order valence-corrected chi connectivity index (χ0v) is 12.4. The average molecular weight is 319 g/mol. The molecule has 0 atom stereocenters. The Morgan fingerprint density at radius 3 is 2.95 bits per heavy atom. The van der Waals surface area contributed by atoms with Crippen LogP contribution in [0.25, 0.3) is 27.6 Å². The summed E-state index contributed by atoms with van der Waals surface area (Å²) >= 11 is 3.72. The lowest BCUT2D eigenvalue weighted by atomic mass is 9.94. The van der Waals surface area contributed by atoms with Gasteiger partial charge < -0.3 is 0 Å². The molecule has 3 aromatic rings. The van der Waals surface area contributed by atoms with E-state index in [1.54, 1.807) is 0 Å². The first kappa shape index (κ1) is 11.8. The normalized spacial score (nSPS) is 13.2. The van der Waals surface area contributed by atoms with Gasteiger partial charge in [0.15, 0.2) is 0 Å². The van der Waals surface area contributed by atoms with Crippen molar-refractivity contribution in [3.8, 4) is 0 Å². The summed E-state index contributed by atoms with van der Waals surface area (Å²) in [5, 5.41) is 4.91. The topological polar surface area (TPSA) is 0 Å². The van der Waals surface area contributed by atoms with Crippen LogP contribution in [0.1, 0.15) is 11.1 Å². The maximum Gasteiger partial charge on any atom is 0.0400 e. The molecule has 0 heterocycles. The maximum atomic E-state index is 3.72. The Morgan fingerprint density at radius 1 is 1.05 bits per heavy atom. The van der Waals surface area contributed by atoms with Gasteiger partial charge in [0.05, 0.1) is 0 Å². The highest BCUT2D eigenvalue weighted by atomic mass is 79.9. The smallest absolute Gasteiger partial charge is 0.0400 e. The highest BCUT2D eigenvalue weighted by Gasteiger charge is 2.12. The number of hydrogen-bond donors (Lipinski definition) is 0. The third-order valence-corrected chi connectivity index (χ3v) is 4.49. The van der Waals surface area contributed by atoms with Crippen molar-refractivity contribution in [3.63, 3.8) is 0 Å². The summed E-state index contributed by atoms with van der Waals surface area (Å²) in [5.74, 6) is 0. The zero-order chi connectivity index (χ0) is 13.5. The van der Waals surface area contributed by atoms with Gasteiger partial charge in [-0.3, -0.25) is 0 Å². The van der Waals surface area contributed by atoms with Crippen molar-refractivity contribution in [2.45, 2.75) is 6.42 Å². The van der Waals surface area contributed by atoms with Crippen LogP contribution in [-0.2, 0) is 6.42 Å². The van der Waals surface area contributed by atoms with Crippen molar-refractivity contribution in [2.75, 3.05) is 0 Å². The van der Waals surface area contributed by atoms with E-state index >= 15 is 0 Å². The molecule has 0 unspecified atom stereocenters. The number of hydrogen-bond acceptors (Lipinski definition) is 0. The Hall–Kier alpha value is -2.04. The third kappa shape index (κ3) is 1.69. The van der Waals surface area contributed by atoms with E-state index in [-0.39, 0.29) is 0 Å². The van der Waals surface area contributed by atoms with E-state index < -0.39 is 0 Å². The largest absolute Gasteiger partial charge is 0.0801 e. The monoisotopic (exact) mass is 318 g/mol. The molecule has 0 N–H and O–H groups in total. The summed E-state index contributed by atoms with van der Waals surface area (Å²) in [7, 11) is 0. The van der Waals surface area contributed by atoms with Crippen molar-refractivity contribution in [1.29, 1.82) is 0 Å². The molecule has 0 saturated heterocycles. The quantitative estimate of drug-likeness (QED) is 0.514. The fourth-order valence-electron chi connectivity index (χ4n) is 2.88. The molecule has 3 aromatic carbocycles. The molecule has 1 aliphatic carbocycles. The van der Waals surface area contributed by atoms with Gasteiger partial charge in [-0.15, -0.1) is 0 Å². The molecule has 20 heavy (non-hydrogen) atoms. The van der Waals surface area contributed by atoms with Crippen molar-refractivity contribution < 1.29 is 0 Å². The van der Waals surface area contributed by atoms with Gasteiger partial charge in [0.25, 0.3) is 0 Å². The van der Waals surface area contributed by atoms with Crippen LogP contribution in [0.3, 0.4) is 0 Å². The molecule has 0 saturated carbocycles. The highest BCUT2D eigenvalue weighted by molar-refractivity contribution is 9.10. The standard InChI is InChI=1S/C19H11Br/c20-19-12-18-14-7-5-4-6-13(14)10-11-16(18)15-8-2-1-3-9-17(15)19/h1-4,6,9-12H,8H2. The minimum Gasteiger partial charge on any atom is -0.0801 e. The lowest BCUT2D eigenvalue weighted by Crippen LogP contribution is -1.91. The Morgan fingerprint density at radius 2 is 2.00 bits per heavy atom. The minimum atomic E-state index is 0.959. The molecule has 0 spiro atoms. The molecule has 1 heteroatoms. The van der Waals surface area contributed by atoms with E-state index in [0.717, 1.165) is 16.3 Å². The first-order valence-electron chi connectivity index (χ1n) is 6.64. The Bertz CT molecular complexity index is 885. The number of rotatable bonds is 0. The SMILES string of the molecule is Brc1cc2c(ccc3ccc#cc32)c2c1C=CC=CC2. The maximum absolute atomic E-state index is 3.72. The van der Waals surface area contributed by atoms with E-state index in [1.807, 2.05) is 6.07 Å². The molecule has 0 aliphatic heterocycles. The Kier molecular flexibility index (Phi) is 2.65. The first-order valence-corrected chi connectivity index (χ1v) is 7.43. The molecule has 0 amide bonds. The van der Waals surface area contributed by atoms with Crippen LogP contribution in [0.15, 0.2) is 53.0 Å². The molecule has 0 bridgehead atoms. The van der Waals surface area contributed by atoms with Crippen LogP contribution < -0.4 is 0 Å². The molecular formula is C19H11Br. The second-order valence-electron chi connectivity index (χ2n) is 4.97. The van der Waals surface area contributed by atoms with Gasteiger partial charge >= 0.3 is 0 Å². The first-order chi connectivity index (χ1) is 9.84. The Balaban J connectivity index is 2.20. The highest BCUT2D eigenvalue weighted by Crippen LogP contribution is 2.35. The van der Waals surface area contributed by atoms with Gasteiger partial charge in [0, 0.05) is 9.86 Å². The number of halogens is 1. The third-order valence-electron chi connectivity index (χ3n) is 3.83. The molecule has 94 valence electrons. The number of fused-ring (bicyclic) bond motifs is 5. The predicted octanol–water partition coefficient (Wildman–Crippen LogP) is 5.48. The molecule has 0 nitrogen and oxygen atoms in total. The summed E-state index contributed by atoms with van der Waals surface area (Å²) in [6, 6.07) is 16.9. The Labute approximate surface area is 126 Å². The van der Waals surface area contributed by atoms with E-state index in [1.165, 1.54) is 27.3 Å². The summed E-state index contributed by atoms with van der Waals surface area (Å²) in [4.78, 5) is 0. The van der Waals surface area contributed by atoms with Crippen molar-refractivity contribution in [2.24, 2.45) is 0 Å². The number of allylic oxidation sites excluding steroid dienone is 3. The van der Waals surface area contributed by atoms with Crippen LogP contribution in [0.2, 0.25) is 0 Å². The summed E-state index contributed by atoms with van der Waals surface area (Å²) in [6.45, 7) is 0. The number of benzene rings is 2. The fourth-order valence-corrected chi connectivity index (χ4v) is 3.48. The van der Waals surface area contributed by atoms with E-state index in [0.29, 0.717) is 0 Å². The van der Waals surface area contributed by atoms with Crippen molar-refractivity contribution in [1.82, 2.24) is 0 Å². The van der Waals surface area contributed by atoms with Crippen LogP contribution >= 0.6 is 15.9 Å². The minimum absolute atomic E-state index is 0.959. The van der Waals surface area contributed by atoms with E-state index in [2.05, 4.69) is 76.6 Å². The summed E-state index contributed by atoms with van der Waals surface area (Å²) < 4.78 is 1.14. The average Bonchev–Trinajstić information content (AvgIpc) is 2.74. The lowest BCUT2D eigenvalue weighted by molar-refractivity contribution is 1.29. The fraction of sp³-hybridized carbons (Fsp3) is 0.0526. The van der Waals surface area contributed by atoms with Gasteiger partial charge in [-0.05, 0) is 51.9 Å². The molecule has 1 aliphatic rings. The van der Waals surface area contributed by atoms with Crippen molar-refractivity contribution in [3.05, 3.63) is 76.3 Å². The van der Waals surface area contributed by atoms with Gasteiger partial charge in [-0.2, -0.15) is 0 Å². The van der Waals surface area contributed by atoms with Gasteiger partial charge in [0.1, 0.15) is 0 Å². The van der Waals surface area contributed by atoms with Crippen LogP contribution in [-0.4, -0.2) is 0 Å². The van der Waals surface area contributed by atoms with E-state index in [4.69, 9.17) is 0 Å². The molecule has 4 rings (SSSR count). The van der Waals surface area contributed by atoms with E-state index in [9.17, 15) is 0 Å². The summed E-state index contributed by atoms with van der Waals surface area (Å²) in [6.07, 6.45) is 9.55. The lowest BCUT2D eigenvalue weighted by Gasteiger charge is -2.12. The molecule has 0 radical (unpaired) electrons. The van der Waals surface area contributed by atoms with Gasteiger partial charge in [-0.1, -0.05) is 64.5 Å². The summed E-state index contributed by atoms with van der Waals surface area (Å²) in [5.41, 5.74) is 2.65.